The fourth-order valence-corrected chi connectivity index (χ4v) is 3.40. The maximum Gasteiger partial charge on any atom is 0.417 e. The Morgan fingerprint density at radius 3 is 2.30 bits per heavy atom. The Labute approximate surface area is 151 Å². The summed E-state index contributed by atoms with van der Waals surface area (Å²) in [6.45, 7) is 1.93. The van der Waals surface area contributed by atoms with E-state index in [2.05, 4.69) is 4.74 Å². The van der Waals surface area contributed by atoms with Crippen molar-refractivity contribution in [1.29, 1.82) is 0 Å². The smallest absolute Gasteiger partial charge is 0.417 e. The summed E-state index contributed by atoms with van der Waals surface area (Å²) in [5, 5.41) is 0. The maximum absolute atomic E-state index is 13.9. The summed E-state index contributed by atoms with van der Waals surface area (Å²) >= 11 is 0. The van der Waals surface area contributed by atoms with Gasteiger partial charge in [-0.25, -0.2) is 18.0 Å². The molecule has 0 amide bonds. The molecule has 10 heteroatoms. The third-order valence-electron chi connectivity index (χ3n) is 5.06. The van der Waals surface area contributed by atoms with Crippen LogP contribution in [-0.2, 0) is 14.3 Å². The molecule has 2 rings (SSSR count). The zero-order chi connectivity index (χ0) is 20.7. The highest BCUT2D eigenvalue weighted by Gasteiger charge is 2.66. The highest BCUT2D eigenvalue weighted by atomic mass is 19.4. The first-order valence-corrected chi connectivity index (χ1v) is 7.87. The first-order valence-electron chi connectivity index (χ1n) is 7.87. The van der Waals surface area contributed by atoms with E-state index in [-0.39, 0.29) is 5.56 Å². The van der Waals surface area contributed by atoms with Gasteiger partial charge in [-0.05, 0) is 13.0 Å². The fourth-order valence-electron chi connectivity index (χ4n) is 3.40. The van der Waals surface area contributed by atoms with Gasteiger partial charge in [0.25, 0.3) is 6.43 Å². The fraction of sp³-hybridized carbons (Fsp3) is 0.588. The second kappa shape index (κ2) is 7.21. The molecular formula is C17H18F6O4. The molecule has 0 aliphatic carbocycles. The third kappa shape index (κ3) is 3.35. The normalized spacial score (nSPS) is 28.5. The molecule has 0 spiro atoms. The van der Waals surface area contributed by atoms with Gasteiger partial charge < -0.3 is 14.2 Å². The molecule has 0 unspecified atom stereocenters. The van der Waals surface area contributed by atoms with Crippen LogP contribution in [0.5, 0.6) is 5.75 Å². The van der Waals surface area contributed by atoms with Gasteiger partial charge in [0.1, 0.15) is 11.6 Å². The molecule has 1 heterocycles. The number of ether oxygens (including phenoxy) is 3. The van der Waals surface area contributed by atoms with Crippen molar-refractivity contribution in [2.75, 3.05) is 14.2 Å². The van der Waals surface area contributed by atoms with Crippen molar-refractivity contribution in [2.45, 2.75) is 44.1 Å². The molecule has 0 aromatic heterocycles. The monoisotopic (exact) mass is 400 g/mol. The second-order valence-electron chi connectivity index (χ2n) is 6.37. The summed E-state index contributed by atoms with van der Waals surface area (Å²) in [7, 11) is 1.95. The number of alkyl halides is 5. The van der Waals surface area contributed by atoms with Crippen LogP contribution in [0.25, 0.3) is 0 Å². The minimum atomic E-state index is -4.85. The maximum atomic E-state index is 13.9. The molecule has 4 nitrogen and oxygen atoms in total. The lowest BCUT2D eigenvalue weighted by Crippen LogP contribution is -2.47. The van der Waals surface area contributed by atoms with E-state index in [0.717, 1.165) is 27.2 Å². The zero-order valence-corrected chi connectivity index (χ0v) is 14.9. The van der Waals surface area contributed by atoms with E-state index in [4.69, 9.17) is 9.47 Å². The molecule has 1 aliphatic rings. The van der Waals surface area contributed by atoms with Crippen LogP contribution >= 0.6 is 0 Å². The molecule has 1 aliphatic heterocycles. The minimum absolute atomic E-state index is 0.190. The molecule has 152 valence electrons. The topological polar surface area (TPSA) is 44.8 Å². The van der Waals surface area contributed by atoms with E-state index in [1.807, 2.05) is 0 Å². The van der Waals surface area contributed by atoms with E-state index in [1.54, 1.807) is 0 Å². The Kier molecular flexibility index (Phi) is 5.70. The van der Waals surface area contributed by atoms with Gasteiger partial charge in [-0.3, -0.25) is 0 Å². The summed E-state index contributed by atoms with van der Waals surface area (Å²) in [6, 6.07) is 1.71. The summed E-state index contributed by atoms with van der Waals surface area (Å²) in [5.41, 5.74) is -4.03. The highest BCUT2D eigenvalue weighted by Crippen LogP contribution is 2.55. The van der Waals surface area contributed by atoms with Gasteiger partial charge in [0.05, 0.1) is 19.8 Å². The third-order valence-corrected chi connectivity index (χ3v) is 5.06. The van der Waals surface area contributed by atoms with E-state index >= 15 is 0 Å². The SMILES string of the molecule is COC(=O)[C@H]1O[C@@](C)(C(F)(F)F)[C@@H](C)[C@H]1c1ccc(F)c(C(F)F)c1OC. The minimum Gasteiger partial charge on any atom is -0.496 e. The standard InChI is InChI=1S/C17H18F6O4/c1-7-10(8-5-6-9(18)11(14(19)20)12(8)25-3)13(15(24)26-4)27-16(7,2)17(21,22)23/h5-7,10,13-14H,1-4H3/t7-,10-,13-,16+/m0/s1. The summed E-state index contributed by atoms with van der Waals surface area (Å²) < 4.78 is 95.6. The van der Waals surface area contributed by atoms with E-state index < -0.39 is 59.2 Å². The first-order chi connectivity index (χ1) is 12.4. The second-order valence-corrected chi connectivity index (χ2v) is 6.37. The van der Waals surface area contributed by atoms with Crippen molar-refractivity contribution in [3.05, 3.63) is 29.1 Å². The lowest BCUT2D eigenvalue weighted by Gasteiger charge is -2.32. The van der Waals surface area contributed by atoms with E-state index in [1.165, 1.54) is 6.92 Å². The average molecular weight is 400 g/mol. The summed E-state index contributed by atoms with van der Waals surface area (Å²) in [5.74, 6) is -5.73. The first kappa shape index (κ1) is 21.3. The van der Waals surface area contributed by atoms with Gasteiger partial charge >= 0.3 is 12.1 Å². The van der Waals surface area contributed by atoms with Gasteiger partial charge in [-0.15, -0.1) is 0 Å². The van der Waals surface area contributed by atoms with Crippen molar-refractivity contribution in [1.82, 2.24) is 0 Å². The summed E-state index contributed by atoms with van der Waals surface area (Å²) in [4.78, 5) is 12.1. The van der Waals surface area contributed by atoms with E-state index in [0.29, 0.717) is 6.07 Å². The molecule has 0 N–H and O–H groups in total. The molecule has 1 aromatic carbocycles. The Balaban J connectivity index is 2.70. The Morgan fingerprint density at radius 2 is 1.85 bits per heavy atom. The molecular weight excluding hydrogens is 382 g/mol. The van der Waals surface area contributed by atoms with Crippen LogP contribution in [0.4, 0.5) is 26.3 Å². The highest BCUT2D eigenvalue weighted by molar-refractivity contribution is 5.77. The van der Waals surface area contributed by atoms with E-state index in [9.17, 15) is 31.1 Å². The molecule has 0 saturated carbocycles. The van der Waals surface area contributed by atoms with Crippen molar-refractivity contribution in [2.24, 2.45) is 5.92 Å². The van der Waals surface area contributed by atoms with Crippen LogP contribution in [-0.4, -0.2) is 38.1 Å². The van der Waals surface area contributed by atoms with Gasteiger partial charge in [0.2, 0.25) is 0 Å². The van der Waals surface area contributed by atoms with Crippen LogP contribution in [0.15, 0.2) is 12.1 Å². The number of carbonyl (C=O) groups is 1. The number of esters is 1. The Hall–Kier alpha value is -1.97. The predicted molar refractivity (Wildman–Crippen MR) is 81.2 cm³/mol. The number of halogens is 6. The molecule has 0 bridgehead atoms. The summed E-state index contributed by atoms with van der Waals surface area (Å²) in [6.07, 6.45) is -9.86. The van der Waals surface area contributed by atoms with Gasteiger partial charge in [0, 0.05) is 17.4 Å². The van der Waals surface area contributed by atoms with Crippen LogP contribution in [0, 0.1) is 11.7 Å². The number of hydrogen-bond acceptors (Lipinski definition) is 4. The molecule has 0 radical (unpaired) electrons. The van der Waals surface area contributed by atoms with Crippen LogP contribution in [0.3, 0.4) is 0 Å². The average Bonchev–Trinajstić information content (AvgIpc) is 2.86. The molecule has 1 aromatic rings. The quantitative estimate of drug-likeness (QED) is 0.556. The number of benzene rings is 1. The molecule has 1 fully saturated rings. The van der Waals surface area contributed by atoms with Crippen LogP contribution in [0.1, 0.15) is 37.3 Å². The van der Waals surface area contributed by atoms with Crippen molar-refractivity contribution in [3.8, 4) is 5.75 Å². The lowest BCUT2D eigenvalue weighted by atomic mass is 9.76. The number of carbonyl (C=O) groups excluding carboxylic acids is 1. The Bertz CT molecular complexity index is 720. The predicted octanol–water partition coefficient (Wildman–Crippen LogP) is 4.38. The van der Waals surface area contributed by atoms with Crippen LogP contribution < -0.4 is 4.74 Å². The molecule has 1 saturated heterocycles. The number of methoxy groups -OCH3 is 2. The Morgan fingerprint density at radius 1 is 1.26 bits per heavy atom. The number of hydrogen-bond donors (Lipinski definition) is 0. The lowest BCUT2D eigenvalue weighted by molar-refractivity contribution is -0.274. The largest absolute Gasteiger partial charge is 0.496 e. The van der Waals surface area contributed by atoms with Gasteiger partial charge in [-0.2, -0.15) is 13.2 Å². The van der Waals surface area contributed by atoms with Gasteiger partial charge in [-0.1, -0.05) is 13.0 Å². The number of rotatable bonds is 4. The zero-order valence-electron chi connectivity index (χ0n) is 14.9. The van der Waals surface area contributed by atoms with Gasteiger partial charge in [0.15, 0.2) is 11.7 Å². The van der Waals surface area contributed by atoms with Crippen molar-refractivity contribution < 1.29 is 45.3 Å². The van der Waals surface area contributed by atoms with Crippen LogP contribution in [0.2, 0.25) is 0 Å². The molecule has 4 atom stereocenters. The van der Waals surface area contributed by atoms with Crippen molar-refractivity contribution >= 4 is 5.97 Å². The molecule has 27 heavy (non-hydrogen) atoms. The van der Waals surface area contributed by atoms with Crippen molar-refractivity contribution in [3.63, 3.8) is 0 Å².